The third kappa shape index (κ3) is 4.87. The Morgan fingerprint density at radius 1 is 1.17 bits per heavy atom. The molecule has 0 aliphatic carbocycles. The lowest BCUT2D eigenvalue weighted by atomic mass is 9.96. The number of likely N-dealkylation sites (tertiary alicyclic amines) is 1. The van der Waals surface area contributed by atoms with Gasteiger partial charge in [-0.3, -0.25) is 4.79 Å². The predicted molar refractivity (Wildman–Crippen MR) is 102 cm³/mol. The molecule has 0 bridgehead atoms. The van der Waals surface area contributed by atoms with Crippen molar-refractivity contribution in [2.45, 2.75) is 31.4 Å². The lowest BCUT2D eigenvalue weighted by Gasteiger charge is -2.33. The molecule has 1 aromatic carbocycles. The third-order valence-electron chi connectivity index (χ3n) is 5.42. The SMILES string of the molecule is COC(=O)C1CC(Oc2ccccc2F)CN1C(=O)C1CCN(S(C)(=O)=O)CC1. The van der Waals surface area contributed by atoms with Crippen LogP contribution < -0.4 is 4.74 Å². The maximum atomic E-state index is 13.9. The monoisotopic (exact) mass is 428 g/mol. The molecular formula is C19H25FN2O6S. The highest BCUT2D eigenvalue weighted by Gasteiger charge is 2.44. The summed E-state index contributed by atoms with van der Waals surface area (Å²) in [6.45, 7) is 0.668. The largest absolute Gasteiger partial charge is 0.485 e. The molecule has 1 amide bonds. The zero-order valence-electron chi connectivity index (χ0n) is 16.4. The lowest BCUT2D eigenvalue weighted by Crippen LogP contribution is -2.47. The van der Waals surface area contributed by atoms with Crippen LogP contribution in [0.3, 0.4) is 0 Å². The van der Waals surface area contributed by atoms with Crippen LogP contribution in [0, 0.1) is 11.7 Å². The smallest absolute Gasteiger partial charge is 0.328 e. The zero-order chi connectivity index (χ0) is 21.2. The van der Waals surface area contributed by atoms with Crippen molar-refractivity contribution >= 4 is 21.9 Å². The number of carbonyl (C=O) groups excluding carboxylic acids is 2. The minimum atomic E-state index is -3.29. The number of halogens is 1. The number of rotatable bonds is 5. The van der Waals surface area contributed by atoms with E-state index in [4.69, 9.17) is 9.47 Å². The Balaban J connectivity index is 1.70. The molecule has 0 saturated carbocycles. The van der Waals surface area contributed by atoms with Crippen molar-refractivity contribution in [2.75, 3.05) is 33.0 Å². The predicted octanol–water partition coefficient (Wildman–Crippen LogP) is 1.02. The van der Waals surface area contributed by atoms with Crippen LogP contribution in [-0.4, -0.2) is 74.6 Å². The maximum absolute atomic E-state index is 13.9. The number of para-hydroxylation sites is 1. The first kappa shape index (κ1) is 21.5. The molecule has 2 atom stereocenters. The second kappa shape index (κ2) is 8.66. The van der Waals surface area contributed by atoms with Gasteiger partial charge in [-0.05, 0) is 25.0 Å². The minimum Gasteiger partial charge on any atom is -0.485 e. The summed E-state index contributed by atoms with van der Waals surface area (Å²) in [5.41, 5.74) is 0. The van der Waals surface area contributed by atoms with E-state index < -0.39 is 34.0 Å². The molecule has 3 rings (SSSR count). The highest BCUT2D eigenvalue weighted by atomic mass is 32.2. The number of sulfonamides is 1. The normalized spacial score (nSPS) is 23.8. The second-order valence-corrected chi connectivity index (χ2v) is 9.35. The van der Waals surface area contributed by atoms with E-state index in [2.05, 4.69) is 0 Å². The van der Waals surface area contributed by atoms with E-state index >= 15 is 0 Å². The average molecular weight is 428 g/mol. The van der Waals surface area contributed by atoms with Gasteiger partial charge >= 0.3 is 5.97 Å². The van der Waals surface area contributed by atoms with E-state index in [9.17, 15) is 22.4 Å². The van der Waals surface area contributed by atoms with E-state index in [1.165, 1.54) is 28.4 Å². The summed E-state index contributed by atoms with van der Waals surface area (Å²) in [5, 5.41) is 0. The fraction of sp³-hybridized carbons (Fsp3) is 0.579. The Morgan fingerprint density at radius 3 is 2.41 bits per heavy atom. The van der Waals surface area contributed by atoms with Gasteiger partial charge in [-0.15, -0.1) is 0 Å². The van der Waals surface area contributed by atoms with Crippen molar-refractivity contribution in [3.05, 3.63) is 30.1 Å². The van der Waals surface area contributed by atoms with E-state index in [0.717, 1.165) is 6.26 Å². The van der Waals surface area contributed by atoms with Gasteiger partial charge in [0.1, 0.15) is 12.1 Å². The molecule has 8 nitrogen and oxygen atoms in total. The highest BCUT2D eigenvalue weighted by Crippen LogP contribution is 2.29. The van der Waals surface area contributed by atoms with Crippen LogP contribution in [0.2, 0.25) is 0 Å². The van der Waals surface area contributed by atoms with Gasteiger partial charge < -0.3 is 14.4 Å². The summed E-state index contributed by atoms with van der Waals surface area (Å²) in [7, 11) is -2.04. The van der Waals surface area contributed by atoms with Crippen LogP contribution in [-0.2, 0) is 24.3 Å². The molecule has 2 aliphatic heterocycles. The van der Waals surface area contributed by atoms with Crippen LogP contribution in [0.25, 0.3) is 0 Å². The number of methoxy groups -OCH3 is 1. The van der Waals surface area contributed by atoms with Crippen molar-refractivity contribution in [3.8, 4) is 5.75 Å². The van der Waals surface area contributed by atoms with Crippen molar-refractivity contribution in [2.24, 2.45) is 5.92 Å². The molecule has 2 heterocycles. The van der Waals surface area contributed by atoms with Gasteiger partial charge in [0, 0.05) is 25.4 Å². The Kier molecular flexibility index (Phi) is 6.42. The van der Waals surface area contributed by atoms with E-state index in [1.807, 2.05) is 0 Å². The van der Waals surface area contributed by atoms with Crippen molar-refractivity contribution < 1.29 is 31.9 Å². The molecule has 1 aromatic rings. The van der Waals surface area contributed by atoms with E-state index in [0.29, 0.717) is 12.8 Å². The average Bonchev–Trinajstić information content (AvgIpc) is 3.12. The molecule has 0 aromatic heterocycles. The quantitative estimate of drug-likeness (QED) is 0.650. The first-order valence-electron chi connectivity index (χ1n) is 9.45. The molecule has 0 radical (unpaired) electrons. The number of nitrogens with zero attached hydrogens (tertiary/aromatic N) is 2. The molecule has 0 N–H and O–H groups in total. The fourth-order valence-electron chi connectivity index (χ4n) is 3.87. The third-order valence-corrected chi connectivity index (χ3v) is 6.72. The molecule has 10 heteroatoms. The molecule has 160 valence electrons. The Bertz CT molecular complexity index is 869. The molecule has 2 fully saturated rings. The minimum absolute atomic E-state index is 0.0666. The first-order valence-corrected chi connectivity index (χ1v) is 11.3. The van der Waals surface area contributed by atoms with E-state index in [-0.39, 0.29) is 43.6 Å². The second-order valence-electron chi connectivity index (χ2n) is 7.37. The Morgan fingerprint density at radius 2 is 1.83 bits per heavy atom. The molecule has 2 saturated heterocycles. The van der Waals surface area contributed by atoms with Gasteiger partial charge in [0.15, 0.2) is 11.6 Å². The van der Waals surface area contributed by atoms with Gasteiger partial charge in [0.25, 0.3) is 0 Å². The molecule has 29 heavy (non-hydrogen) atoms. The van der Waals surface area contributed by atoms with Crippen LogP contribution in [0.5, 0.6) is 5.75 Å². The van der Waals surface area contributed by atoms with Crippen LogP contribution >= 0.6 is 0 Å². The van der Waals surface area contributed by atoms with Crippen LogP contribution in [0.4, 0.5) is 4.39 Å². The molecule has 0 spiro atoms. The number of ether oxygens (including phenoxy) is 2. The van der Waals surface area contributed by atoms with Crippen LogP contribution in [0.1, 0.15) is 19.3 Å². The molecule has 2 unspecified atom stereocenters. The summed E-state index contributed by atoms with van der Waals surface area (Å²) >= 11 is 0. The molecular weight excluding hydrogens is 403 g/mol. The summed E-state index contributed by atoms with van der Waals surface area (Å²) < 4.78 is 49.1. The summed E-state index contributed by atoms with van der Waals surface area (Å²) in [4.78, 5) is 26.7. The van der Waals surface area contributed by atoms with Crippen molar-refractivity contribution in [3.63, 3.8) is 0 Å². The number of benzene rings is 1. The number of esters is 1. The Hall–Kier alpha value is -2.20. The number of amides is 1. The highest BCUT2D eigenvalue weighted by molar-refractivity contribution is 7.88. The number of piperidine rings is 1. The van der Waals surface area contributed by atoms with Gasteiger partial charge in [0.05, 0.1) is 19.9 Å². The maximum Gasteiger partial charge on any atom is 0.328 e. The Labute approximate surface area is 169 Å². The topological polar surface area (TPSA) is 93.2 Å². The van der Waals surface area contributed by atoms with Gasteiger partial charge in [-0.1, -0.05) is 12.1 Å². The zero-order valence-corrected chi connectivity index (χ0v) is 17.2. The van der Waals surface area contributed by atoms with E-state index in [1.54, 1.807) is 12.1 Å². The summed E-state index contributed by atoms with van der Waals surface area (Å²) in [6.07, 6.45) is 1.57. The van der Waals surface area contributed by atoms with Gasteiger partial charge in [-0.25, -0.2) is 21.9 Å². The van der Waals surface area contributed by atoms with Crippen molar-refractivity contribution in [1.82, 2.24) is 9.21 Å². The standard InChI is InChI=1S/C19H25FN2O6S/c1-27-19(24)16-11-14(28-17-6-4-3-5-15(17)20)12-22(16)18(23)13-7-9-21(10-8-13)29(2,25)26/h3-6,13-14,16H,7-12H2,1-2H3. The lowest BCUT2D eigenvalue weighted by molar-refractivity contribution is -0.152. The summed E-state index contributed by atoms with van der Waals surface area (Å²) in [5.74, 6) is -1.61. The number of carbonyl (C=O) groups is 2. The fourth-order valence-corrected chi connectivity index (χ4v) is 4.75. The van der Waals surface area contributed by atoms with Gasteiger partial charge in [0.2, 0.25) is 15.9 Å². The van der Waals surface area contributed by atoms with Crippen molar-refractivity contribution in [1.29, 1.82) is 0 Å². The molecule has 2 aliphatic rings. The first-order chi connectivity index (χ1) is 13.7. The number of hydrogen-bond acceptors (Lipinski definition) is 6. The summed E-state index contributed by atoms with van der Waals surface area (Å²) in [6, 6.07) is 5.16. The number of hydrogen-bond donors (Lipinski definition) is 0. The van der Waals surface area contributed by atoms with Gasteiger partial charge in [-0.2, -0.15) is 0 Å². The van der Waals surface area contributed by atoms with Crippen LogP contribution in [0.15, 0.2) is 24.3 Å².